The highest BCUT2D eigenvalue weighted by molar-refractivity contribution is 5.81. The summed E-state index contributed by atoms with van der Waals surface area (Å²) in [6.45, 7) is 3.79. The average Bonchev–Trinajstić information content (AvgIpc) is 3.36. The Bertz CT molecular complexity index is 875. The van der Waals surface area contributed by atoms with Crippen LogP contribution in [0.5, 0.6) is 0 Å². The zero-order valence-corrected chi connectivity index (χ0v) is 17.2. The van der Waals surface area contributed by atoms with Crippen LogP contribution < -0.4 is 5.32 Å². The maximum atomic E-state index is 12.8. The van der Waals surface area contributed by atoms with Gasteiger partial charge in [-0.1, -0.05) is 25.1 Å². The van der Waals surface area contributed by atoms with Crippen LogP contribution in [0.3, 0.4) is 0 Å². The zero-order chi connectivity index (χ0) is 20.2. The van der Waals surface area contributed by atoms with Gasteiger partial charge in [0, 0.05) is 25.2 Å². The highest BCUT2D eigenvalue weighted by Crippen LogP contribution is 2.28. The quantitative estimate of drug-likeness (QED) is 0.819. The molecule has 1 fully saturated rings. The number of likely N-dealkylation sites (tertiary alicyclic amines) is 1. The number of fused-ring (bicyclic) bond motifs is 1. The second kappa shape index (κ2) is 8.80. The number of hydrogen-bond acceptors (Lipinski definition) is 3. The van der Waals surface area contributed by atoms with E-state index in [0.29, 0.717) is 19.5 Å². The van der Waals surface area contributed by atoms with Crippen LogP contribution in [0.4, 0.5) is 0 Å². The largest absolute Gasteiger partial charge is 0.350 e. The molecule has 1 atom stereocenters. The Morgan fingerprint density at radius 1 is 1.17 bits per heavy atom. The van der Waals surface area contributed by atoms with E-state index in [1.54, 1.807) is 0 Å². The molecule has 6 heteroatoms. The smallest absolute Gasteiger partial charge is 0.225 e. The molecule has 1 saturated heterocycles. The first-order valence-electron chi connectivity index (χ1n) is 10.9. The number of para-hydroxylation sites is 1. The summed E-state index contributed by atoms with van der Waals surface area (Å²) in [5.41, 5.74) is 4.61. The van der Waals surface area contributed by atoms with Crippen LogP contribution in [0.2, 0.25) is 0 Å². The van der Waals surface area contributed by atoms with Gasteiger partial charge >= 0.3 is 0 Å². The van der Waals surface area contributed by atoms with E-state index in [9.17, 15) is 9.59 Å². The van der Waals surface area contributed by atoms with E-state index >= 15 is 0 Å². The molecule has 0 radical (unpaired) electrons. The van der Waals surface area contributed by atoms with Gasteiger partial charge in [0.2, 0.25) is 11.8 Å². The van der Waals surface area contributed by atoms with Crippen molar-refractivity contribution in [3.8, 4) is 5.69 Å². The molecule has 1 aliphatic heterocycles. The molecule has 1 aromatic heterocycles. The normalized spacial score (nSPS) is 18.5. The summed E-state index contributed by atoms with van der Waals surface area (Å²) in [5.74, 6) is 0.0956. The Kier molecular flexibility index (Phi) is 5.97. The van der Waals surface area contributed by atoms with E-state index < -0.39 is 0 Å². The highest BCUT2D eigenvalue weighted by atomic mass is 16.2. The van der Waals surface area contributed by atoms with E-state index in [1.807, 2.05) is 34.7 Å². The van der Waals surface area contributed by atoms with Crippen LogP contribution in [0.1, 0.15) is 56.0 Å². The molecule has 2 aromatic rings. The molecule has 1 unspecified atom stereocenters. The van der Waals surface area contributed by atoms with Gasteiger partial charge in [0.05, 0.1) is 23.8 Å². The summed E-state index contributed by atoms with van der Waals surface area (Å²) in [7, 11) is 0. The Labute approximate surface area is 172 Å². The Hall–Kier alpha value is -2.63. The fraction of sp³-hybridized carbons (Fsp3) is 0.522. The van der Waals surface area contributed by atoms with Gasteiger partial charge in [-0.15, -0.1) is 0 Å². The molecule has 1 aliphatic carbocycles. The predicted molar refractivity (Wildman–Crippen MR) is 112 cm³/mol. The van der Waals surface area contributed by atoms with Crippen molar-refractivity contribution < 1.29 is 9.59 Å². The zero-order valence-electron chi connectivity index (χ0n) is 17.2. The third-order valence-corrected chi connectivity index (χ3v) is 6.05. The molecule has 0 saturated carbocycles. The third-order valence-electron chi connectivity index (χ3n) is 6.05. The van der Waals surface area contributed by atoms with Gasteiger partial charge in [-0.25, -0.2) is 4.68 Å². The van der Waals surface area contributed by atoms with Crippen molar-refractivity contribution in [3.63, 3.8) is 0 Å². The van der Waals surface area contributed by atoms with Gasteiger partial charge in [0.15, 0.2) is 0 Å². The number of aromatic nitrogens is 2. The molecule has 0 bridgehead atoms. The lowest BCUT2D eigenvalue weighted by Gasteiger charge is -2.32. The third kappa shape index (κ3) is 4.21. The van der Waals surface area contributed by atoms with E-state index in [2.05, 4.69) is 17.4 Å². The van der Waals surface area contributed by atoms with Gasteiger partial charge in [-0.05, 0) is 56.2 Å². The molecular formula is C23H30N4O2. The number of amides is 2. The van der Waals surface area contributed by atoms with Gasteiger partial charge < -0.3 is 10.2 Å². The van der Waals surface area contributed by atoms with E-state index in [-0.39, 0.29) is 17.7 Å². The second-order valence-corrected chi connectivity index (χ2v) is 8.12. The molecule has 154 valence electrons. The molecule has 1 aromatic carbocycles. The molecule has 0 spiro atoms. The van der Waals surface area contributed by atoms with Gasteiger partial charge in [-0.2, -0.15) is 5.10 Å². The summed E-state index contributed by atoms with van der Waals surface area (Å²) >= 11 is 0. The number of carbonyl (C=O) groups excluding carboxylic acids is 2. The van der Waals surface area contributed by atoms with Crippen LogP contribution in [0, 0.1) is 5.92 Å². The van der Waals surface area contributed by atoms with Crippen LogP contribution in [0.15, 0.2) is 30.3 Å². The molecule has 6 nitrogen and oxygen atoms in total. The molecular weight excluding hydrogens is 364 g/mol. The summed E-state index contributed by atoms with van der Waals surface area (Å²) < 4.78 is 2.04. The minimum Gasteiger partial charge on any atom is -0.350 e. The maximum absolute atomic E-state index is 12.8. The van der Waals surface area contributed by atoms with Crippen LogP contribution in [-0.2, 0) is 29.0 Å². The maximum Gasteiger partial charge on any atom is 0.225 e. The summed E-state index contributed by atoms with van der Waals surface area (Å²) in [5, 5.41) is 7.93. The predicted octanol–water partition coefficient (Wildman–Crippen LogP) is 3.02. The summed E-state index contributed by atoms with van der Waals surface area (Å²) in [6.07, 6.45) is 6.35. The summed E-state index contributed by atoms with van der Waals surface area (Å²) in [4.78, 5) is 26.8. The lowest BCUT2D eigenvalue weighted by atomic mass is 9.96. The van der Waals surface area contributed by atoms with Crippen LogP contribution in [-0.4, -0.2) is 39.6 Å². The molecule has 2 aliphatic rings. The first kappa shape index (κ1) is 19.7. The first-order valence-corrected chi connectivity index (χ1v) is 10.9. The number of hydrogen-bond donors (Lipinski definition) is 1. The van der Waals surface area contributed by atoms with Crippen molar-refractivity contribution in [1.82, 2.24) is 20.0 Å². The molecule has 4 rings (SSSR count). The first-order chi connectivity index (χ1) is 14.2. The summed E-state index contributed by atoms with van der Waals surface area (Å²) in [6, 6.07) is 10.2. The minimum absolute atomic E-state index is 0.0417. The number of carbonyl (C=O) groups is 2. The number of nitrogens with zero attached hydrogens (tertiary/aromatic N) is 3. The van der Waals surface area contributed by atoms with Crippen molar-refractivity contribution in [2.24, 2.45) is 5.92 Å². The van der Waals surface area contributed by atoms with Crippen molar-refractivity contribution in [3.05, 3.63) is 47.3 Å². The SMILES string of the molecule is CCCC(=O)N1CCCC(C(=O)NCc2nn(-c3ccccc3)c3c2CCC3)C1. The van der Waals surface area contributed by atoms with E-state index in [0.717, 1.165) is 56.5 Å². The fourth-order valence-corrected chi connectivity index (χ4v) is 4.54. The lowest BCUT2D eigenvalue weighted by molar-refractivity contribution is -0.135. The number of nitrogens with one attached hydrogen (secondary N) is 1. The molecule has 2 amide bonds. The molecule has 29 heavy (non-hydrogen) atoms. The van der Waals surface area contributed by atoms with Crippen molar-refractivity contribution >= 4 is 11.8 Å². The van der Waals surface area contributed by atoms with Crippen molar-refractivity contribution in [1.29, 1.82) is 0 Å². The fourth-order valence-electron chi connectivity index (χ4n) is 4.54. The number of piperidine rings is 1. The number of benzene rings is 1. The van der Waals surface area contributed by atoms with Crippen molar-refractivity contribution in [2.45, 2.75) is 58.4 Å². The minimum atomic E-state index is -0.117. The van der Waals surface area contributed by atoms with E-state index in [1.165, 1.54) is 11.3 Å². The monoisotopic (exact) mass is 394 g/mol. The molecule has 1 N–H and O–H groups in total. The molecule has 2 heterocycles. The van der Waals surface area contributed by atoms with Crippen molar-refractivity contribution in [2.75, 3.05) is 13.1 Å². The second-order valence-electron chi connectivity index (χ2n) is 8.12. The topological polar surface area (TPSA) is 67.2 Å². The average molecular weight is 395 g/mol. The van der Waals surface area contributed by atoms with E-state index in [4.69, 9.17) is 5.10 Å². The standard InChI is InChI=1S/C23H30N4O2/c1-2-8-22(28)26-14-7-9-17(16-26)23(29)24-15-20-19-12-6-13-21(19)27(25-20)18-10-4-3-5-11-18/h3-5,10-11,17H,2,6-9,12-16H2,1H3,(H,24,29). The van der Waals surface area contributed by atoms with Gasteiger partial charge in [0.25, 0.3) is 0 Å². The van der Waals surface area contributed by atoms with Crippen LogP contribution in [0.25, 0.3) is 5.69 Å². The number of rotatable bonds is 6. The highest BCUT2D eigenvalue weighted by Gasteiger charge is 2.29. The Balaban J connectivity index is 1.42. The lowest BCUT2D eigenvalue weighted by Crippen LogP contribution is -2.45. The Morgan fingerprint density at radius 3 is 2.79 bits per heavy atom. The van der Waals surface area contributed by atoms with Crippen LogP contribution >= 0.6 is 0 Å². The van der Waals surface area contributed by atoms with Gasteiger partial charge in [-0.3, -0.25) is 9.59 Å². The Morgan fingerprint density at radius 2 is 2.00 bits per heavy atom. The van der Waals surface area contributed by atoms with Gasteiger partial charge in [0.1, 0.15) is 0 Å².